The minimum absolute atomic E-state index is 0.163. The first kappa shape index (κ1) is 21.0. The van der Waals surface area contributed by atoms with Gasteiger partial charge in [0, 0.05) is 34.9 Å². The number of benzene rings is 2. The van der Waals surface area contributed by atoms with Gasteiger partial charge < -0.3 is 13.9 Å². The average molecular weight is 438 g/mol. The van der Waals surface area contributed by atoms with E-state index in [1.807, 2.05) is 36.4 Å². The molecule has 2 aromatic carbocycles. The fourth-order valence-electron chi connectivity index (χ4n) is 3.38. The molecule has 0 amide bonds. The van der Waals surface area contributed by atoms with Gasteiger partial charge in [-0.3, -0.25) is 4.57 Å². The largest absolute Gasteiger partial charge is 0.497 e. The standard InChI is InChI=1S/C23H23N3O4S/c1-14(2)26-22(15-5-7-17(28-3)8-6-15)24-25-23(26)31-13-16-11-21(27)30-20-12-18(29-4)9-10-19(16)20/h5-12,14H,13H2,1-4H3. The van der Waals surface area contributed by atoms with E-state index < -0.39 is 0 Å². The van der Waals surface area contributed by atoms with E-state index in [1.54, 1.807) is 20.3 Å². The van der Waals surface area contributed by atoms with Gasteiger partial charge in [0.15, 0.2) is 11.0 Å². The Hall–Kier alpha value is -3.26. The highest BCUT2D eigenvalue weighted by Crippen LogP contribution is 2.32. The Labute approximate surface area is 184 Å². The Morgan fingerprint density at radius 1 is 1.00 bits per heavy atom. The van der Waals surface area contributed by atoms with E-state index in [0.717, 1.165) is 33.2 Å². The molecule has 0 aliphatic carbocycles. The maximum atomic E-state index is 12.1. The summed E-state index contributed by atoms with van der Waals surface area (Å²) in [5.41, 5.74) is 1.96. The van der Waals surface area contributed by atoms with Crippen molar-refractivity contribution >= 4 is 22.7 Å². The van der Waals surface area contributed by atoms with Gasteiger partial charge >= 0.3 is 5.63 Å². The predicted octanol–water partition coefficient (Wildman–Crippen LogP) is 4.94. The zero-order valence-electron chi connectivity index (χ0n) is 17.8. The summed E-state index contributed by atoms with van der Waals surface area (Å²) >= 11 is 1.54. The minimum Gasteiger partial charge on any atom is -0.497 e. The van der Waals surface area contributed by atoms with Crippen molar-refractivity contribution in [3.05, 3.63) is 64.5 Å². The van der Waals surface area contributed by atoms with E-state index >= 15 is 0 Å². The van der Waals surface area contributed by atoms with Crippen molar-refractivity contribution in [1.29, 1.82) is 0 Å². The lowest BCUT2D eigenvalue weighted by molar-refractivity contribution is 0.414. The van der Waals surface area contributed by atoms with E-state index in [9.17, 15) is 4.79 Å². The molecule has 8 heteroatoms. The highest BCUT2D eigenvalue weighted by Gasteiger charge is 2.18. The van der Waals surface area contributed by atoms with Crippen molar-refractivity contribution < 1.29 is 13.9 Å². The van der Waals surface area contributed by atoms with Crippen LogP contribution in [0.2, 0.25) is 0 Å². The second kappa shape index (κ2) is 8.85. The van der Waals surface area contributed by atoms with Gasteiger partial charge in [0.25, 0.3) is 0 Å². The summed E-state index contributed by atoms with van der Waals surface area (Å²) in [6, 6.07) is 14.9. The van der Waals surface area contributed by atoms with Gasteiger partial charge in [0.05, 0.1) is 14.2 Å². The van der Waals surface area contributed by atoms with Gasteiger partial charge in [-0.05, 0) is 55.8 Å². The second-order valence-corrected chi connectivity index (χ2v) is 8.18. The number of fused-ring (bicyclic) bond motifs is 1. The third-order valence-electron chi connectivity index (χ3n) is 4.92. The van der Waals surface area contributed by atoms with E-state index in [1.165, 1.54) is 17.8 Å². The van der Waals surface area contributed by atoms with E-state index in [-0.39, 0.29) is 11.7 Å². The molecule has 0 radical (unpaired) electrons. The molecule has 160 valence electrons. The van der Waals surface area contributed by atoms with E-state index in [4.69, 9.17) is 13.9 Å². The van der Waals surface area contributed by atoms with Crippen molar-refractivity contribution in [3.63, 3.8) is 0 Å². The maximum Gasteiger partial charge on any atom is 0.336 e. The smallest absolute Gasteiger partial charge is 0.336 e. The number of hydrogen-bond donors (Lipinski definition) is 0. The SMILES string of the molecule is COc1ccc(-c2nnc(SCc3cc(=O)oc4cc(OC)ccc34)n2C(C)C)cc1. The number of methoxy groups -OCH3 is 2. The molecular formula is C23H23N3O4S. The van der Waals surface area contributed by atoms with Crippen LogP contribution < -0.4 is 15.1 Å². The number of rotatable bonds is 7. The first-order valence-corrected chi connectivity index (χ1v) is 10.8. The molecule has 0 saturated heterocycles. The van der Waals surface area contributed by atoms with Crippen LogP contribution >= 0.6 is 11.8 Å². The Balaban J connectivity index is 1.66. The number of ether oxygens (including phenoxy) is 2. The highest BCUT2D eigenvalue weighted by atomic mass is 32.2. The van der Waals surface area contributed by atoms with Gasteiger partial charge in [-0.15, -0.1) is 10.2 Å². The minimum atomic E-state index is -0.388. The first-order valence-electron chi connectivity index (χ1n) is 9.83. The summed E-state index contributed by atoms with van der Waals surface area (Å²) < 4.78 is 17.9. The van der Waals surface area contributed by atoms with Crippen LogP contribution in [0.3, 0.4) is 0 Å². The molecule has 0 fully saturated rings. The fraction of sp³-hybridized carbons (Fsp3) is 0.261. The lowest BCUT2D eigenvalue weighted by atomic mass is 10.1. The number of hydrogen-bond acceptors (Lipinski definition) is 7. The average Bonchev–Trinajstić information content (AvgIpc) is 3.21. The van der Waals surface area contributed by atoms with Crippen LogP contribution in [0, 0.1) is 0 Å². The molecule has 2 heterocycles. The molecule has 0 aliphatic rings. The summed E-state index contributed by atoms with van der Waals surface area (Å²) in [5, 5.41) is 10.5. The fourth-order valence-corrected chi connectivity index (χ4v) is 4.44. The summed E-state index contributed by atoms with van der Waals surface area (Å²) in [4.78, 5) is 12.1. The quantitative estimate of drug-likeness (QED) is 0.299. The summed E-state index contributed by atoms with van der Waals surface area (Å²) in [6.07, 6.45) is 0. The Morgan fingerprint density at radius 3 is 2.39 bits per heavy atom. The van der Waals surface area contributed by atoms with Crippen LogP contribution in [0.1, 0.15) is 25.5 Å². The van der Waals surface area contributed by atoms with Gasteiger partial charge in [0.1, 0.15) is 17.1 Å². The predicted molar refractivity (Wildman–Crippen MR) is 121 cm³/mol. The molecule has 2 aromatic heterocycles. The molecule has 0 saturated carbocycles. The molecular weight excluding hydrogens is 414 g/mol. The molecule has 0 N–H and O–H groups in total. The lowest BCUT2D eigenvalue weighted by Crippen LogP contribution is -2.05. The normalized spacial score (nSPS) is 11.3. The van der Waals surface area contributed by atoms with Crippen LogP contribution in [0.25, 0.3) is 22.4 Å². The molecule has 7 nitrogen and oxygen atoms in total. The molecule has 0 unspecified atom stereocenters. The van der Waals surface area contributed by atoms with Crippen LogP contribution in [-0.2, 0) is 5.75 Å². The molecule has 0 bridgehead atoms. The Morgan fingerprint density at radius 2 is 1.71 bits per heavy atom. The van der Waals surface area contributed by atoms with Crippen molar-refractivity contribution in [2.75, 3.05) is 14.2 Å². The molecule has 4 rings (SSSR count). The number of nitrogens with zero attached hydrogens (tertiary/aromatic N) is 3. The summed E-state index contributed by atoms with van der Waals surface area (Å²) in [7, 11) is 3.22. The van der Waals surface area contributed by atoms with Gasteiger partial charge in [-0.2, -0.15) is 0 Å². The van der Waals surface area contributed by atoms with Gasteiger partial charge in [-0.25, -0.2) is 4.79 Å². The highest BCUT2D eigenvalue weighted by molar-refractivity contribution is 7.98. The first-order chi connectivity index (χ1) is 15.0. The third-order valence-corrected chi connectivity index (χ3v) is 5.92. The van der Waals surface area contributed by atoms with Crippen LogP contribution in [0.15, 0.2) is 62.9 Å². The van der Waals surface area contributed by atoms with E-state index in [2.05, 4.69) is 28.6 Å². The number of aromatic nitrogens is 3. The van der Waals surface area contributed by atoms with Crippen molar-refractivity contribution in [2.24, 2.45) is 0 Å². The van der Waals surface area contributed by atoms with Crippen molar-refractivity contribution in [3.8, 4) is 22.9 Å². The second-order valence-electron chi connectivity index (χ2n) is 7.24. The monoisotopic (exact) mass is 437 g/mol. The molecule has 31 heavy (non-hydrogen) atoms. The van der Waals surface area contributed by atoms with Crippen molar-refractivity contribution in [1.82, 2.24) is 14.8 Å². The third kappa shape index (κ3) is 4.29. The summed E-state index contributed by atoms with van der Waals surface area (Å²) in [5.74, 6) is 2.79. The molecule has 0 aliphatic heterocycles. The van der Waals surface area contributed by atoms with Crippen molar-refractivity contribution in [2.45, 2.75) is 30.8 Å². The van der Waals surface area contributed by atoms with Crippen LogP contribution in [0.5, 0.6) is 11.5 Å². The molecule has 0 atom stereocenters. The summed E-state index contributed by atoms with van der Waals surface area (Å²) in [6.45, 7) is 4.19. The zero-order valence-corrected chi connectivity index (χ0v) is 18.6. The topological polar surface area (TPSA) is 79.4 Å². The Kier molecular flexibility index (Phi) is 5.99. The Bertz CT molecular complexity index is 1260. The van der Waals surface area contributed by atoms with Gasteiger partial charge in [0.2, 0.25) is 0 Å². The van der Waals surface area contributed by atoms with Crippen LogP contribution in [0.4, 0.5) is 0 Å². The zero-order chi connectivity index (χ0) is 22.0. The van der Waals surface area contributed by atoms with E-state index in [0.29, 0.717) is 17.1 Å². The number of thioether (sulfide) groups is 1. The lowest BCUT2D eigenvalue weighted by Gasteiger charge is -2.14. The maximum absolute atomic E-state index is 12.1. The van der Waals surface area contributed by atoms with Gasteiger partial charge in [-0.1, -0.05) is 11.8 Å². The van der Waals surface area contributed by atoms with Crippen LogP contribution in [-0.4, -0.2) is 29.0 Å². The molecule has 4 aromatic rings. The molecule has 0 spiro atoms.